The van der Waals surface area contributed by atoms with E-state index in [0.717, 1.165) is 12.2 Å². The van der Waals surface area contributed by atoms with Crippen LogP contribution in [0.25, 0.3) is 16.6 Å². The van der Waals surface area contributed by atoms with Gasteiger partial charge in [0.1, 0.15) is 0 Å². The summed E-state index contributed by atoms with van der Waals surface area (Å²) in [5.74, 6) is 0.431. The van der Waals surface area contributed by atoms with Gasteiger partial charge in [-0.2, -0.15) is 0 Å². The summed E-state index contributed by atoms with van der Waals surface area (Å²) in [5, 5.41) is 10.2. The van der Waals surface area contributed by atoms with Gasteiger partial charge in [0.25, 0.3) is 5.56 Å². The van der Waals surface area contributed by atoms with Crippen LogP contribution in [0.15, 0.2) is 58.5 Å². The van der Waals surface area contributed by atoms with Gasteiger partial charge in [0.2, 0.25) is 0 Å². The van der Waals surface area contributed by atoms with E-state index in [4.69, 9.17) is 5.11 Å². The highest BCUT2D eigenvalue weighted by atomic mass is 32.2. The van der Waals surface area contributed by atoms with E-state index in [2.05, 4.69) is 18.8 Å². The van der Waals surface area contributed by atoms with Gasteiger partial charge in [-0.1, -0.05) is 37.7 Å². The Labute approximate surface area is 155 Å². The smallest absolute Gasteiger partial charge is 0.335 e. The number of fused-ring (bicyclic) bond motifs is 1. The van der Waals surface area contributed by atoms with E-state index in [1.807, 2.05) is 18.2 Å². The Morgan fingerprint density at radius 3 is 2.50 bits per heavy atom. The molecule has 0 unspecified atom stereocenters. The average molecular weight is 368 g/mol. The molecule has 0 bridgehead atoms. The normalized spacial score (nSPS) is 11.2. The third-order valence-corrected chi connectivity index (χ3v) is 5.02. The molecule has 0 amide bonds. The number of carboxylic acid groups (broad SMARTS) is 1. The molecule has 3 aromatic rings. The standard InChI is InChI=1S/C20H20N2O3S/c1-13(2)11-12-26-20-21-17-6-4-3-5-16(17)18(23)22(20)15-9-7-14(8-10-15)19(24)25/h3-10,13H,11-12H2,1-2H3,(H,24,25). The van der Waals surface area contributed by atoms with Gasteiger partial charge in [-0.25, -0.2) is 9.78 Å². The van der Waals surface area contributed by atoms with Crippen molar-refractivity contribution in [1.82, 2.24) is 9.55 Å². The van der Waals surface area contributed by atoms with Gasteiger partial charge in [0, 0.05) is 5.75 Å². The zero-order valence-electron chi connectivity index (χ0n) is 14.7. The fourth-order valence-electron chi connectivity index (χ4n) is 2.58. The van der Waals surface area contributed by atoms with Crippen molar-refractivity contribution in [2.45, 2.75) is 25.4 Å². The molecular formula is C20H20N2O3S. The number of carboxylic acids is 1. The predicted molar refractivity (Wildman–Crippen MR) is 104 cm³/mol. The van der Waals surface area contributed by atoms with Crippen molar-refractivity contribution in [3.63, 3.8) is 0 Å². The van der Waals surface area contributed by atoms with Gasteiger partial charge in [-0.15, -0.1) is 0 Å². The van der Waals surface area contributed by atoms with E-state index >= 15 is 0 Å². The van der Waals surface area contributed by atoms with Crippen LogP contribution in [0.5, 0.6) is 0 Å². The Balaban J connectivity index is 2.12. The lowest BCUT2D eigenvalue weighted by atomic mass is 10.2. The lowest BCUT2D eigenvalue weighted by Crippen LogP contribution is -2.22. The van der Waals surface area contributed by atoms with Crippen LogP contribution in [0, 0.1) is 5.92 Å². The predicted octanol–water partition coefficient (Wildman–Crippen LogP) is 4.22. The molecule has 0 radical (unpaired) electrons. The summed E-state index contributed by atoms with van der Waals surface area (Å²) in [6.07, 6.45) is 1.02. The Kier molecular flexibility index (Phi) is 5.42. The summed E-state index contributed by atoms with van der Waals surface area (Å²) < 4.78 is 1.57. The minimum Gasteiger partial charge on any atom is -0.478 e. The van der Waals surface area contributed by atoms with E-state index in [1.165, 1.54) is 12.1 Å². The van der Waals surface area contributed by atoms with Gasteiger partial charge in [0.15, 0.2) is 5.16 Å². The molecule has 26 heavy (non-hydrogen) atoms. The number of aromatic nitrogens is 2. The Morgan fingerprint density at radius 2 is 1.85 bits per heavy atom. The minimum absolute atomic E-state index is 0.147. The second-order valence-electron chi connectivity index (χ2n) is 6.44. The van der Waals surface area contributed by atoms with Crippen molar-refractivity contribution in [3.8, 4) is 5.69 Å². The third kappa shape index (κ3) is 3.80. The lowest BCUT2D eigenvalue weighted by molar-refractivity contribution is 0.0697. The van der Waals surface area contributed by atoms with Gasteiger partial charge < -0.3 is 5.11 Å². The van der Waals surface area contributed by atoms with Gasteiger partial charge in [-0.3, -0.25) is 9.36 Å². The summed E-state index contributed by atoms with van der Waals surface area (Å²) >= 11 is 1.55. The molecule has 1 aromatic heterocycles. The molecule has 0 aliphatic carbocycles. The largest absolute Gasteiger partial charge is 0.478 e. The van der Waals surface area contributed by atoms with E-state index in [9.17, 15) is 9.59 Å². The minimum atomic E-state index is -0.993. The SMILES string of the molecule is CC(C)CCSc1nc2ccccc2c(=O)n1-c1ccc(C(=O)O)cc1. The lowest BCUT2D eigenvalue weighted by Gasteiger charge is -2.14. The summed E-state index contributed by atoms with van der Waals surface area (Å²) in [7, 11) is 0. The molecule has 3 rings (SSSR count). The second kappa shape index (κ2) is 7.74. The van der Waals surface area contributed by atoms with Crippen molar-refractivity contribution in [1.29, 1.82) is 0 Å². The van der Waals surface area contributed by atoms with Crippen LogP contribution in [0.1, 0.15) is 30.6 Å². The third-order valence-electron chi connectivity index (χ3n) is 4.04. The van der Waals surface area contributed by atoms with Crippen LogP contribution in [-0.4, -0.2) is 26.4 Å². The summed E-state index contributed by atoms with van der Waals surface area (Å²) in [6.45, 7) is 4.32. The molecule has 0 fully saturated rings. The molecule has 1 heterocycles. The number of thioether (sulfide) groups is 1. The monoisotopic (exact) mass is 368 g/mol. The highest BCUT2D eigenvalue weighted by Crippen LogP contribution is 2.23. The molecule has 0 atom stereocenters. The molecule has 1 N–H and O–H groups in total. The molecule has 0 aliphatic heterocycles. The molecule has 0 aliphatic rings. The maximum Gasteiger partial charge on any atom is 0.335 e. The van der Waals surface area contributed by atoms with Gasteiger partial charge in [-0.05, 0) is 48.7 Å². The number of hydrogen-bond acceptors (Lipinski definition) is 4. The summed E-state index contributed by atoms with van der Waals surface area (Å²) in [4.78, 5) is 28.8. The van der Waals surface area contributed by atoms with E-state index < -0.39 is 5.97 Å². The number of carbonyl (C=O) groups is 1. The maximum absolute atomic E-state index is 13.1. The molecule has 0 saturated heterocycles. The van der Waals surface area contributed by atoms with Crippen molar-refractivity contribution < 1.29 is 9.90 Å². The Hall–Kier alpha value is -2.60. The van der Waals surface area contributed by atoms with Crippen LogP contribution in [-0.2, 0) is 0 Å². The van der Waals surface area contributed by atoms with Gasteiger partial charge in [0.05, 0.1) is 22.2 Å². The number of rotatable bonds is 6. The maximum atomic E-state index is 13.1. The van der Waals surface area contributed by atoms with Crippen molar-refractivity contribution in [2.24, 2.45) is 5.92 Å². The van der Waals surface area contributed by atoms with Crippen molar-refractivity contribution in [2.75, 3.05) is 5.75 Å². The first-order valence-corrected chi connectivity index (χ1v) is 9.44. The molecule has 6 heteroatoms. The van der Waals surface area contributed by atoms with Crippen LogP contribution in [0.4, 0.5) is 0 Å². The first-order chi connectivity index (χ1) is 12.5. The zero-order valence-corrected chi connectivity index (χ0v) is 15.5. The highest BCUT2D eigenvalue weighted by Gasteiger charge is 2.14. The molecule has 2 aromatic carbocycles. The Bertz CT molecular complexity index is 994. The zero-order chi connectivity index (χ0) is 18.7. The number of para-hydroxylation sites is 1. The van der Waals surface area contributed by atoms with E-state index in [0.29, 0.717) is 27.7 Å². The summed E-state index contributed by atoms with van der Waals surface area (Å²) in [6, 6.07) is 13.6. The van der Waals surface area contributed by atoms with Crippen LogP contribution in [0.3, 0.4) is 0 Å². The van der Waals surface area contributed by atoms with E-state index in [-0.39, 0.29) is 11.1 Å². The van der Waals surface area contributed by atoms with Crippen molar-refractivity contribution >= 4 is 28.6 Å². The molecule has 5 nitrogen and oxygen atoms in total. The fourth-order valence-corrected chi connectivity index (χ4v) is 3.83. The topological polar surface area (TPSA) is 72.2 Å². The molecule has 134 valence electrons. The van der Waals surface area contributed by atoms with E-state index in [1.54, 1.807) is 34.5 Å². The van der Waals surface area contributed by atoms with Gasteiger partial charge >= 0.3 is 5.97 Å². The first kappa shape index (κ1) is 18.2. The molecular weight excluding hydrogens is 348 g/mol. The quantitative estimate of drug-likeness (QED) is 0.521. The van der Waals surface area contributed by atoms with Crippen molar-refractivity contribution in [3.05, 3.63) is 64.4 Å². The second-order valence-corrected chi connectivity index (χ2v) is 7.50. The Morgan fingerprint density at radius 1 is 1.15 bits per heavy atom. The molecule has 0 spiro atoms. The highest BCUT2D eigenvalue weighted by molar-refractivity contribution is 7.99. The number of hydrogen-bond donors (Lipinski definition) is 1. The first-order valence-electron chi connectivity index (χ1n) is 8.45. The van der Waals surface area contributed by atoms with Crippen LogP contribution < -0.4 is 5.56 Å². The number of benzene rings is 2. The summed E-state index contributed by atoms with van der Waals surface area (Å²) in [5.41, 5.74) is 1.32. The average Bonchev–Trinajstić information content (AvgIpc) is 2.62. The molecule has 0 saturated carbocycles. The number of nitrogens with zero attached hydrogens (tertiary/aromatic N) is 2. The fraction of sp³-hybridized carbons (Fsp3) is 0.250. The number of aromatic carboxylic acids is 1. The van der Waals surface area contributed by atoms with Crippen LogP contribution >= 0.6 is 11.8 Å². The van der Waals surface area contributed by atoms with Crippen LogP contribution in [0.2, 0.25) is 0 Å².